The number of fused-ring (bicyclic) bond motifs is 1. The molecule has 8 heteroatoms. The first-order chi connectivity index (χ1) is 27.4. The molecule has 0 radical (unpaired) electrons. The highest BCUT2D eigenvalue weighted by atomic mass is 16.5. The molecule has 2 rings (SSSR count). The van der Waals surface area contributed by atoms with Gasteiger partial charge in [-0.15, -0.1) is 0 Å². The van der Waals surface area contributed by atoms with E-state index < -0.39 is 17.6 Å². The molecule has 0 saturated carbocycles. The summed E-state index contributed by atoms with van der Waals surface area (Å²) < 4.78 is 6.20. The second-order valence-corrected chi connectivity index (χ2v) is 16.4. The fourth-order valence-corrected chi connectivity index (χ4v) is 7.20. The van der Waals surface area contributed by atoms with Gasteiger partial charge in [0.1, 0.15) is 6.10 Å². The third-order valence-corrected chi connectivity index (χ3v) is 11.0. The quantitative estimate of drug-likeness (QED) is 0.0373. The molecule has 7 atom stereocenters. The summed E-state index contributed by atoms with van der Waals surface area (Å²) in [6.07, 6.45) is 40.0. The van der Waals surface area contributed by atoms with Gasteiger partial charge in [0.25, 0.3) is 0 Å². The van der Waals surface area contributed by atoms with Gasteiger partial charge in [-0.3, -0.25) is 14.4 Å². The van der Waals surface area contributed by atoms with Gasteiger partial charge in [0.05, 0.1) is 24.0 Å². The number of ether oxygens (including phenoxy) is 1. The molecular weight excluding hydrogens is 713 g/mol. The molecule has 318 valence electrons. The molecule has 0 bridgehead atoms. The fraction of sp³-hybridized carbons (Fsp3) is 0.612. The second kappa shape index (κ2) is 28.6. The Hall–Kier alpha value is -3.75. The zero-order valence-electron chi connectivity index (χ0n) is 36.0. The molecule has 0 saturated heterocycles. The van der Waals surface area contributed by atoms with E-state index >= 15 is 0 Å². The summed E-state index contributed by atoms with van der Waals surface area (Å²) in [7, 11) is 0. The predicted octanol–water partition coefficient (Wildman–Crippen LogP) is 9.73. The Morgan fingerprint density at radius 3 is 1.91 bits per heavy atom. The van der Waals surface area contributed by atoms with Crippen LogP contribution in [-0.2, 0) is 19.1 Å². The number of carbonyl (C=O) groups is 3. The first-order valence-corrected chi connectivity index (χ1v) is 21.8. The van der Waals surface area contributed by atoms with Gasteiger partial charge in [-0.05, 0) is 114 Å². The lowest BCUT2D eigenvalue weighted by Gasteiger charge is -2.44. The van der Waals surface area contributed by atoms with Crippen LogP contribution < -0.4 is 10.6 Å². The molecule has 0 heterocycles. The average molecular weight is 789 g/mol. The topological polar surface area (TPSA) is 125 Å². The second-order valence-electron chi connectivity index (χ2n) is 16.4. The normalized spacial score (nSPS) is 22.5. The lowest BCUT2D eigenvalue weighted by Crippen LogP contribution is -2.43. The molecular formula is C49H76N2O6. The number of hydrogen-bond donors (Lipinski definition) is 4. The van der Waals surface area contributed by atoms with E-state index in [4.69, 9.17) is 4.74 Å². The van der Waals surface area contributed by atoms with E-state index in [2.05, 4.69) is 116 Å². The lowest BCUT2D eigenvalue weighted by atomic mass is 9.65. The van der Waals surface area contributed by atoms with Gasteiger partial charge in [0.15, 0.2) is 0 Å². The first kappa shape index (κ1) is 49.4. The largest absolute Gasteiger partial charge is 0.461 e. The van der Waals surface area contributed by atoms with Crippen molar-refractivity contribution < 1.29 is 29.3 Å². The molecule has 0 aromatic carbocycles. The Kier molecular flexibility index (Phi) is 24.8. The molecule has 0 fully saturated rings. The van der Waals surface area contributed by atoms with Gasteiger partial charge >= 0.3 is 5.97 Å². The van der Waals surface area contributed by atoms with Crippen molar-refractivity contribution >= 4 is 17.8 Å². The van der Waals surface area contributed by atoms with Gasteiger partial charge in [0.2, 0.25) is 11.8 Å². The molecule has 57 heavy (non-hydrogen) atoms. The maximum Gasteiger partial charge on any atom is 0.311 e. The van der Waals surface area contributed by atoms with E-state index in [0.29, 0.717) is 44.6 Å². The van der Waals surface area contributed by atoms with Crippen LogP contribution in [0.4, 0.5) is 0 Å². The Balaban J connectivity index is 1.58. The number of hydrogen-bond acceptors (Lipinski definition) is 6. The third kappa shape index (κ3) is 21.0. The summed E-state index contributed by atoms with van der Waals surface area (Å²) in [5.74, 6) is 0.254. The van der Waals surface area contributed by atoms with Crippen molar-refractivity contribution in [3.05, 3.63) is 96.7 Å². The number of esters is 1. The minimum Gasteiger partial charge on any atom is -0.461 e. The van der Waals surface area contributed by atoms with Crippen molar-refractivity contribution in [2.24, 2.45) is 29.1 Å². The molecule has 2 aliphatic rings. The van der Waals surface area contributed by atoms with Crippen LogP contribution >= 0.6 is 0 Å². The highest BCUT2D eigenvalue weighted by Gasteiger charge is 2.43. The number of rotatable bonds is 27. The summed E-state index contributed by atoms with van der Waals surface area (Å²) in [5.41, 5.74) is 0.663. The standard InChI is InChI=1S/C49H76N2O6/c1-7-9-10-11-12-13-14-15-16-17-18-19-20-21-22-23-24-25-26-27-45(54)50-32-33-51-46(55)37-42(53)36-41(52)30-31-43-39(4)28-29-40-34-38(3)35-44(47(40)43)57-48(56)49(5,6)8-2/h9-10,12-13,15-16,18-19,21-22,24-25,28-29,34,38-39,41-44,47,52-53H,7-8,11,14,17,20,23,26-27,30-33,35-37H2,1-6H3,(H,50,54)(H,51,55). The van der Waals surface area contributed by atoms with E-state index in [-0.39, 0.29) is 61.0 Å². The van der Waals surface area contributed by atoms with Crippen LogP contribution in [0.2, 0.25) is 0 Å². The minimum atomic E-state index is -0.976. The summed E-state index contributed by atoms with van der Waals surface area (Å²) >= 11 is 0. The molecule has 0 aromatic heterocycles. The van der Waals surface area contributed by atoms with Crippen LogP contribution in [0.15, 0.2) is 96.7 Å². The summed E-state index contributed by atoms with van der Waals surface area (Å²) in [6.45, 7) is 12.9. The summed E-state index contributed by atoms with van der Waals surface area (Å²) in [5, 5.41) is 27.0. The van der Waals surface area contributed by atoms with Gasteiger partial charge in [0, 0.05) is 25.4 Å². The van der Waals surface area contributed by atoms with Gasteiger partial charge in [-0.2, -0.15) is 0 Å². The molecule has 0 aromatic rings. The van der Waals surface area contributed by atoms with Crippen LogP contribution in [0, 0.1) is 29.1 Å². The predicted molar refractivity (Wildman–Crippen MR) is 235 cm³/mol. The summed E-state index contributed by atoms with van der Waals surface area (Å²) in [4.78, 5) is 37.7. The van der Waals surface area contributed by atoms with Crippen LogP contribution in [0.3, 0.4) is 0 Å². The van der Waals surface area contributed by atoms with Gasteiger partial charge < -0.3 is 25.6 Å². The van der Waals surface area contributed by atoms with Crippen molar-refractivity contribution in [1.82, 2.24) is 10.6 Å². The van der Waals surface area contributed by atoms with Crippen LogP contribution in [0.25, 0.3) is 0 Å². The Morgan fingerprint density at radius 1 is 0.807 bits per heavy atom. The maximum atomic E-state index is 13.1. The van der Waals surface area contributed by atoms with E-state index in [0.717, 1.165) is 44.9 Å². The highest BCUT2D eigenvalue weighted by Crippen LogP contribution is 2.45. The molecule has 8 nitrogen and oxygen atoms in total. The van der Waals surface area contributed by atoms with Crippen molar-refractivity contribution in [2.45, 2.75) is 150 Å². The first-order valence-electron chi connectivity index (χ1n) is 21.8. The molecule has 4 N–H and O–H groups in total. The maximum absolute atomic E-state index is 13.1. The van der Waals surface area contributed by atoms with E-state index in [1.54, 1.807) is 0 Å². The van der Waals surface area contributed by atoms with Crippen molar-refractivity contribution in [3.63, 3.8) is 0 Å². The summed E-state index contributed by atoms with van der Waals surface area (Å²) in [6, 6.07) is 0. The van der Waals surface area contributed by atoms with Gasteiger partial charge in [-0.1, -0.05) is 119 Å². The Labute approximate surface area is 345 Å². The van der Waals surface area contributed by atoms with E-state index in [1.165, 1.54) is 5.57 Å². The van der Waals surface area contributed by atoms with Gasteiger partial charge in [-0.25, -0.2) is 0 Å². The smallest absolute Gasteiger partial charge is 0.311 e. The third-order valence-electron chi connectivity index (χ3n) is 11.0. The lowest BCUT2D eigenvalue weighted by molar-refractivity contribution is -0.164. The van der Waals surface area contributed by atoms with Crippen LogP contribution in [0.1, 0.15) is 131 Å². The molecule has 2 amide bonds. The highest BCUT2D eigenvalue weighted by molar-refractivity contribution is 5.77. The van der Waals surface area contributed by atoms with Crippen molar-refractivity contribution in [3.8, 4) is 0 Å². The number of aliphatic hydroxyl groups is 2. The minimum absolute atomic E-state index is 0.0675. The molecule has 2 aliphatic carbocycles. The SMILES string of the molecule is CCC=CCC=CCC=CCC=CCC=CCC=CCCC(=O)NCCNC(=O)CC(O)CC(O)CCC1C(C)C=CC2=CC(C)CC(OC(=O)C(C)(C)CC)C21. The molecule has 7 unspecified atom stereocenters. The molecule has 0 spiro atoms. The van der Waals surface area contributed by atoms with Crippen LogP contribution in [-0.4, -0.2) is 59.4 Å². The average Bonchev–Trinajstić information content (AvgIpc) is 3.16. The monoisotopic (exact) mass is 789 g/mol. The molecule has 0 aliphatic heterocycles. The number of aliphatic hydroxyl groups excluding tert-OH is 2. The number of nitrogens with one attached hydrogen (secondary N) is 2. The zero-order valence-corrected chi connectivity index (χ0v) is 36.0. The van der Waals surface area contributed by atoms with Crippen LogP contribution in [0.5, 0.6) is 0 Å². The fourth-order valence-electron chi connectivity index (χ4n) is 7.20. The number of allylic oxidation sites excluding steroid dienone is 15. The Morgan fingerprint density at radius 2 is 1.35 bits per heavy atom. The van der Waals surface area contributed by atoms with E-state index in [1.807, 2.05) is 26.8 Å². The van der Waals surface area contributed by atoms with E-state index in [9.17, 15) is 24.6 Å². The number of amides is 2. The van der Waals surface area contributed by atoms with Crippen molar-refractivity contribution in [2.75, 3.05) is 13.1 Å². The number of carbonyl (C=O) groups excluding carboxylic acids is 3. The van der Waals surface area contributed by atoms with Crippen molar-refractivity contribution in [1.29, 1.82) is 0 Å². The zero-order chi connectivity index (χ0) is 41.9. The Bertz CT molecular complexity index is 1430.